The number of phenolic OH excluding ortho intramolecular Hbond substituents is 1. The van der Waals surface area contributed by atoms with E-state index in [-0.39, 0.29) is 33.4 Å². The van der Waals surface area contributed by atoms with Gasteiger partial charge in [-0.05, 0) is 38.5 Å². The number of amides is 2. The molecule has 32 heavy (non-hydrogen) atoms. The first kappa shape index (κ1) is 23.0. The second kappa shape index (κ2) is 9.23. The highest BCUT2D eigenvalue weighted by Crippen LogP contribution is 2.35. The summed E-state index contributed by atoms with van der Waals surface area (Å²) < 4.78 is 10.2. The molecule has 3 aromatic rings. The van der Waals surface area contributed by atoms with Gasteiger partial charge in [0.1, 0.15) is 10.6 Å². The molecule has 0 bridgehead atoms. The molecule has 0 unspecified atom stereocenters. The molecule has 2 aromatic heterocycles. The molecule has 0 fully saturated rings. The summed E-state index contributed by atoms with van der Waals surface area (Å²) >= 11 is 0.976. The molecule has 0 aliphatic heterocycles. The minimum absolute atomic E-state index is 0.0864. The summed E-state index contributed by atoms with van der Waals surface area (Å²) in [5.41, 5.74) is 0.0327. The molecule has 0 aliphatic rings. The minimum Gasteiger partial charge on any atom is -0.504 e. The van der Waals surface area contributed by atoms with Crippen LogP contribution in [-0.2, 0) is 4.74 Å². The average Bonchev–Trinajstić information content (AvgIpc) is 3.09. The number of methoxy groups -OCH3 is 1. The Morgan fingerprint density at radius 2 is 1.94 bits per heavy atom. The van der Waals surface area contributed by atoms with Crippen molar-refractivity contribution >= 4 is 45.1 Å². The van der Waals surface area contributed by atoms with E-state index < -0.39 is 17.4 Å². The van der Waals surface area contributed by atoms with Crippen molar-refractivity contribution in [2.75, 3.05) is 25.5 Å². The molecule has 0 aliphatic carbocycles. The lowest BCUT2D eigenvalue weighted by Crippen LogP contribution is -2.30. The van der Waals surface area contributed by atoms with E-state index in [1.807, 2.05) is 13.8 Å². The number of carbonyl (C=O) groups is 3. The number of carbonyl (C=O) groups excluding carboxylic acids is 3. The van der Waals surface area contributed by atoms with Crippen LogP contribution in [0, 0.1) is 12.3 Å². The molecule has 9 nitrogen and oxygen atoms in total. The Kier molecular flexibility index (Phi) is 6.64. The zero-order chi connectivity index (χ0) is 23.6. The van der Waals surface area contributed by atoms with Gasteiger partial charge in [-0.2, -0.15) is 0 Å². The summed E-state index contributed by atoms with van der Waals surface area (Å²) in [5, 5.41) is 21.1. The van der Waals surface area contributed by atoms with Crippen LogP contribution in [0.15, 0.2) is 28.7 Å². The maximum Gasteiger partial charge on any atom is 0.341 e. The third kappa shape index (κ3) is 4.09. The number of para-hydroxylation sites is 1. The van der Waals surface area contributed by atoms with Crippen LogP contribution in [-0.4, -0.2) is 48.0 Å². The molecule has 0 atom stereocenters. The van der Waals surface area contributed by atoms with E-state index in [1.165, 1.54) is 19.2 Å². The monoisotopic (exact) mass is 457 g/mol. The van der Waals surface area contributed by atoms with E-state index in [2.05, 4.69) is 5.32 Å². The van der Waals surface area contributed by atoms with Gasteiger partial charge in [-0.3, -0.25) is 15.0 Å². The van der Waals surface area contributed by atoms with Gasteiger partial charge in [0, 0.05) is 18.5 Å². The van der Waals surface area contributed by atoms with Crippen molar-refractivity contribution < 1.29 is 28.6 Å². The van der Waals surface area contributed by atoms with Gasteiger partial charge >= 0.3 is 5.97 Å². The SMILES string of the molecule is CCN(CC)C(=O)c1sc(NC(=O)c2cc3cccc(O)c3oc2=N)c(C(=O)OC)c1C. The lowest BCUT2D eigenvalue weighted by atomic mass is 10.1. The van der Waals surface area contributed by atoms with Crippen molar-refractivity contribution in [3.8, 4) is 5.75 Å². The second-order valence-electron chi connectivity index (χ2n) is 6.87. The standard InChI is InChI=1S/C22H23N3O6S/c1-5-25(6-2)21(28)17-11(3)15(22(29)30-4)20(32-17)24-19(27)13-10-12-8-7-9-14(26)16(12)31-18(13)23/h7-10,23,26H,5-6H2,1-4H3,(H,24,27). The fourth-order valence-corrected chi connectivity index (χ4v) is 4.45. The number of hydrogen-bond donors (Lipinski definition) is 3. The maximum atomic E-state index is 13.0. The van der Waals surface area contributed by atoms with E-state index in [1.54, 1.807) is 24.0 Å². The van der Waals surface area contributed by atoms with E-state index in [4.69, 9.17) is 14.6 Å². The number of nitrogens with zero attached hydrogens (tertiary/aromatic N) is 1. The zero-order valence-corrected chi connectivity index (χ0v) is 18.9. The number of fused-ring (bicyclic) bond motifs is 1. The third-order valence-corrected chi connectivity index (χ3v) is 6.22. The number of esters is 1. The fourth-order valence-electron chi connectivity index (χ4n) is 3.29. The number of thiophene rings is 1. The van der Waals surface area contributed by atoms with E-state index in [0.29, 0.717) is 28.9 Å². The summed E-state index contributed by atoms with van der Waals surface area (Å²) in [6.07, 6.45) is 0. The molecule has 2 amide bonds. The number of rotatable bonds is 6. The van der Waals surface area contributed by atoms with Crippen LogP contribution in [0.1, 0.15) is 49.8 Å². The van der Waals surface area contributed by atoms with Gasteiger partial charge < -0.3 is 24.5 Å². The van der Waals surface area contributed by atoms with E-state index in [9.17, 15) is 19.5 Å². The number of ether oxygens (including phenoxy) is 1. The molecule has 3 rings (SSSR count). The molecule has 168 valence electrons. The van der Waals surface area contributed by atoms with Gasteiger partial charge in [0.25, 0.3) is 11.8 Å². The molecule has 0 saturated carbocycles. The van der Waals surface area contributed by atoms with Crippen LogP contribution in [0.2, 0.25) is 0 Å². The zero-order valence-electron chi connectivity index (χ0n) is 18.1. The van der Waals surface area contributed by atoms with Crippen molar-refractivity contribution in [2.45, 2.75) is 20.8 Å². The molecule has 0 radical (unpaired) electrons. The van der Waals surface area contributed by atoms with Gasteiger partial charge in [-0.25, -0.2) is 4.79 Å². The molecule has 0 spiro atoms. The van der Waals surface area contributed by atoms with Crippen molar-refractivity contribution in [1.29, 1.82) is 5.41 Å². The first-order valence-electron chi connectivity index (χ1n) is 9.86. The largest absolute Gasteiger partial charge is 0.504 e. The van der Waals surface area contributed by atoms with Gasteiger partial charge in [0.05, 0.1) is 17.6 Å². The minimum atomic E-state index is -0.697. The number of benzene rings is 1. The summed E-state index contributed by atoms with van der Waals surface area (Å²) in [6, 6.07) is 6.04. The molecule has 0 saturated heterocycles. The quantitative estimate of drug-likeness (QED) is 0.485. The number of phenols is 1. The Morgan fingerprint density at radius 3 is 2.56 bits per heavy atom. The predicted molar refractivity (Wildman–Crippen MR) is 119 cm³/mol. The topological polar surface area (TPSA) is 133 Å². The number of aromatic hydroxyl groups is 1. The molecule has 1 aromatic carbocycles. The highest BCUT2D eigenvalue weighted by molar-refractivity contribution is 7.18. The lowest BCUT2D eigenvalue weighted by Gasteiger charge is -2.17. The van der Waals surface area contributed by atoms with Crippen LogP contribution in [0.25, 0.3) is 11.0 Å². The molecule has 10 heteroatoms. The third-order valence-electron chi connectivity index (χ3n) is 5.03. The van der Waals surface area contributed by atoms with Gasteiger partial charge in [0.15, 0.2) is 11.3 Å². The second-order valence-corrected chi connectivity index (χ2v) is 7.89. The number of nitrogens with one attached hydrogen (secondary N) is 2. The highest BCUT2D eigenvalue weighted by Gasteiger charge is 2.28. The highest BCUT2D eigenvalue weighted by atomic mass is 32.1. The van der Waals surface area contributed by atoms with Gasteiger partial charge in [-0.1, -0.05) is 12.1 Å². The van der Waals surface area contributed by atoms with E-state index in [0.717, 1.165) is 11.3 Å². The molecule has 2 heterocycles. The maximum absolute atomic E-state index is 13.0. The summed E-state index contributed by atoms with van der Waals surface area (Å²) in [4.78, 5) is 40.2. The summed E-state index contributed by atoms with van der Waals surface area (Å²) in [7, 11) is 1.22. The van der Waals surface area contributed by atoms with Gasteiger partial charge in [-0.15, -0.1) is 11.3 Å². The van der Waals surface area contributed by atoms with Crippen LogP contribution < -0.4 is 10.9 Å². The first-order chi connectivity index (χ1) is 15.2. The molecular weight excluding hydrogens is 434 g/mol. The van der Waals surface area contributed by atoms with Crippen molar-refractivity contribution in [3.63, 3.8) is 0 Å². The van der Waals surface area contributed by atoms with Crippen LogP contribution >= 0.6 is 11.3 Å². The first-order valence-corrected chi connectivity index (χ1v) is 10.7. The Labute approximate surface area is 187 Å². The summed E-state index contributed by atoms with van der Waals surface area (Å²) in [5.74, 6) is -1.78. The Balaban J connectivity index is 2.05. The molecular formula is C22H23N3O6S. The Morgan fingerprint density at radius 1 is 1.25 bits per heavy atom. The van der Waals surface area contributed by atoms with Crippen LogP contribution in [0.4, 0.5) is 5.00 Å². The Bertz CT molecular complexity index is 1270. The Hall–Kier alpha value is -3.66. The van der Waals surface area contributed by atoms with Crippen molar-refractivity contribution in [3.05, 3.63) is 51.4 Å². The number of hydrogen-bond acceptors (Lipinski definition) is 8. The fraction of sp³-hybridized carbons (Fsp3) is 0.273. The smallest absolute Gasteiger partial charge is 0.341 e. The van der Waals surface area contributed by atoms with Crippen LogP contribution in [0.5, 0.6) is 5.75 Å². The lowest BCUT2D eigenvalue weighted by molar-refractivity contribution is 0.0601. The van der Waals surface area contributed by atoms with Crippen LogP contribution in [0.3, 0.4) is 0 Å². The van der Waals surface area contributed by atoms with Crippen molar-refractivity contribution in [2.24, 2.45) is 0 Å². The average molecular weight is 458 g/mol. The van der Waals surface area contributed by atoms with Gasteiger partial charge in [0.2, 0.25) is 5.55 Å². The normalized spacial score (nSPS) is 10.8. The summed E-state index contributed by atoms with van der Waals surface area (Å²) in [6.45, 7) is 6.32. The predicted octanol–water partition coefficient (Wildman–Crippen LogP) is 3.51. The molecule has 3 N–H and O–H groups in total. The van der Waals surface area contributed by atoms with E-state index >= 15 is 0 Å². The number of anilines is 1. The van der Waals surface area contributed by atoms with Crippen molar-refractivity contribution in [1.82, 2.24) is 4.90 Å².